The van der Waals surface area contributed by atoms with Crippen LogP contribution in [0.15, 0.2) is 6.33 Å². The number of aryl methyl sites for hydroxylation is 1. The van der Waals surface area contributed by atoms with E-state index in [2.05, 4.69) is 15.4 Å². The monoisotopic (exact) mass is 279 g/mol. The van der Waals surface area contributed by atoms with E-state index >= 15 is 0 Å². The third-order valence-electron chi connectivity index (χ3n) is 3.70. The first-order valence-electron chi connectivity index (χ1n) is 6.89. The van der Waals surface area contributed by atoms with Crippen molar-refractivity contribution >= 4 is 11.8 Å². The highest BCUT2D eigenvalue weighted by molar-refractivity contribution is 5.97. The number of piperazine rings is 1. The van der Waals surface area contributed by atoms with Gasteiger partial charge in [0.2, 0.25) is 11.8 Å². The van der Waals surface area contributed by atoms with Gasteiger partial charge in [-0.15, -0.1) is 0 Å². The molecule has 7 nitrogen and oxygen atoms in total. The Balaban J connectivity index is 2.27. The molecule has 2 atom stereocenters. The lowest BCUT2D eigenvalue weighted by Gasteiger charge is -2.39. The molecule has 0 spiro atoms. The highest BCUT2D eigenvalue weighted by Gasteiger charge is 2.41. The number of carbonyl (C=O) groups excluding carboxylic acids is 2. The van der Waals surface area contributed by atoms with E-state index in [0.717, 1.165) is 0 Å². The summed E-state index contributed by atoms with van der Waals surface area (Å²) in [5.41, 5.74) is 0. The molecular formula is C13H21N5O2. The third kappa shape index (κ3) is 2.52. The molecule has 1 aromatic heterocycles. The zero-order valence-electron chi connectivity index (χ0n) is 12.3. The number of rotatable bonds is 4. The van der Waals surface area contributed by atoms with Crippen LogP contribution < -0.4 is 5.32 Å². The van der Waals surface area contributed by atoms with E-state index < -0.39 is 12.1 Å². The fraction of sp³-hybridized carbons (Fsp3) is 0.692. The second kappa shape index (κ2) is 5.60. The normalized spacial score (nSPS) is 23.4. The van der Waals surface area contributed by atoms with Crippen molar-refractivity contribution in [3.05, 3.63) is 12.2 Å². The van der Waals surface area contributed by atoms with Gasteiger partial charge in [0, 0.05) is 7.05 Å². The smallest absolute Gasteiger partial charge is 0.246 e. The molecule has 2 unspecified atom stereocenters. The van der Waals surface area contributed by atoms with E-state index in [4.69, 9.17) is 0 Å². The lowest BCUT2D eigenvalue weighted by molar-refractivity contribution is -0.151. The number of amides is 2. The number of carbonyl (C=O) groups is 2. The molecule has 2 amide bonds. The van der Waals surface area contributed by atoms with Crippen molar-refractivity contribution in [3.63, 3.8) is 0 Å². The highest BCUT2D eigenvalue weighted by Crippen LogP contribution is 2.19. The van der Waals surface area contributed by atoms with E-state index in [1.54, 1.807) is 16.6 Å². The molecule has 1 aliphatic heterocycles. The van der Waals surface area contributed by atoms with Crippen molar-refractivity contribution in [1.82, 2.24) is 25.0 Å². The van der Waals surface area contributed by atoms with Gasteiger partial charge in [0.25, 0.3) is 0 Å². The van der Waals surface area contributed by atoms with Crippen LogP contribution in [0, 0.1) is 5.92 Å². The number of hydrogen-bond donors (Lipinski definition) is 1. The predicted octanol–water partition coefficient (Wildman–Crippen LogP) is 0.0767. The molecule has 1 saturated heterocycles. The Kier molecular flexibility index (Phi) is 4.06. The van der Waals surface area contributed by atoms with Crippen LogP contribution in [0.2, 0.25) is 0 Å². The first-order chi connectivity index (χ1) is 9.45. The van der Waals surface area contributed by atoms with Gasteiger partial charge in [-0.1, -0.05) is 20.8 Å². The fourth-order valence-corrected chi connectivity index (χ4v) is 2.45. The summed E-state index contributed by atoms with van der Waals surface area (Å²) < 4.78 is 1.62. The van der Waals surface area contributed by atoms with Gasteiger partial charge >= 0.3 is 0 Å². The van der Waals surface area contributed by atoms with Crippen LogP contribution in [-0.4, -0.2) is 43.6 Å². The summed E-state index contributed by atoms with van der Waals surface area (Å²) >= 11 is 0. The first-order valence-corrected chi connectivity index (χ1v) is 6.89. The largest absolute Gasteiger partial charge is 0.342 e. The molecule has 0 radical (unpaired) electrons. The van der Waals surface area contributed by atoms with Gasteiger partial charge in [-0.05, 0) is 12.3 Å². The zero-order valence-corrected chi connectivity index (χ0v) is 12.3. The molecule has 0 saturated carbocycles. The van der Waals surface area contributed by atoms with Gasteiger partial charge < -0.3 is 10.2 Å². The maximum absolute atomic E-state index is 12.6. The Morgan fingerprint density at radius 1 is 1.40 bits per heavy atom. The zero-order chi connectivity index (χ0) is 14.9. The topological polar surface area (TPSA) is 80.1 Å². The summed E-state index contributed by atoms with van der Waals surface area (Å²) in [6.07, 6.45) is 2.03. The molecule has 1 aliphatic rings. The molecule has 110 valence electrons. The molecule has 7 heteroatoms. The number of nitrogens with one attached hydrogen (secondary N) is 1. The van der Waals surface area contributed by atoms with Crippen molar-refractivity contribution in [2.24, 2.45) is 13.0 Å². The Morgan fingerprint density at radius 2 is 2.10 bits per heavy atom. The summed E-state index contributed by atoms with van der Waals surface area (Å²) in [7, 11) is 1.78. The molecule has 20 heavy (non-hydrogen) atoms. The van der Waals surface area contributed by atoms with Crippen LogP contribution in [0.4, 0.5) is 0 Å². The van der Waals surface area contributed by atoms with Gasteiger partial charge in [0.05, 0.1) is 6.54 Å². The van der Waals surface area contributed by atoms with Gasteiger partial charge in [-0.25, -0.2) is 4.98 Å². The third-order valence-corrected chi connectivity index (χ3v) is 3.70. The number of hydrogen-bond acceptors (Lipinski definition) is 4. The standard InChI is InChI=1S/C13H21N5O2/c1-5-9-12(19)16-11(8(2)3)13(20)18(9)6-10-14-7-15-17(10)4/h7-9,11H,5-6H2,1-4H3,(H,16,19). The molecule has 1 fully saturated rings. The SMILES string of the molecule is CCC1C(=O)NC(C(C)C)C(=O)N1Cc1ncnn1C. The van der Waals surface area contributed by atoms with Crippen molar-refractivity contribution < 1.29 is 9.59 Å². The molecule has 2 rings (SSSR count). The van der Waals surface area contributed by atoms with E-state index in [1.807, 2.05) is 20.8 Å². The van der Waals surface area contributed by atoms with Crippen LogP contribution in [-0.2, 0) is 23.2 Å². The second-order valence-electron chi connectivity index (χ2n) is 5.42. The highest BCUT2D eigenvalue weighted by atomic mass is 16.2. The minimum Gasteiger partial charge on any atom is -0.342 e. The first kappa shape index (κ1) is 14.5. The molecule has 1 N–H and O–H groups in total. The molecule has 0 aromatic carbocycles. The summed E-state index contributed by atoms with van der Waals surface area (Å²) in [6.45, 7) is 6.06. The maximum Gasteiger partial charge on any atom is 0.246 e. The Hall–Kier alpha value is -1.92. The van der Waals surface area contributed by atoms with Crippen LogP contribution in [0.25, 0.3) is 0 Å². The van der Waals surface area contributed by atoms with E-state index in [0.29, 0.717) is 18.8 Å². The quantitative estimate of drug-likeness (QED) is 0.846. The maximum atomic E-state index is 12.6. The van der Waals surface area contributed by atoms with E-state index in [-0.39, 0.29) is 17.7 Å². The van der Waals surface area contributed by atoms with Crippen molar-refractivity contribution in [3.8, 4) is 0 Å². The van der Waals surface area contributed by atoms with Crippen molar-refractivity contribution in [2.45, 2.75) is 45.8 Å². The van der Waals surface area contributed by atoms with Gasteiger partial charge in [-0.2, -0.15) is 5.10 Å². The van der Waals surface area contributed by atoms with Crippen LogP contribution >= 0.6 is 0 Å². The molecular weight excluding hydrogens is 258 g/mol. The Labute approximate surface area is 118 Å². The molecule has 2 heterocycles. The van der Waals surface area contributed by atoms with Gasteiger partial charge in [0.1, 0.15) is 24.2 Å². The predicted molar refractivity (Wildman–Crippen MR) is 72.4 cm³/mol. The second-order valence-corrected chi connectivity index (χ2v) is 5.42. The summed E-state index contributed by atoms with van der Waals surface area (Å²) in [5, 5.41) is 6.82. The summed E-state index contributed by atoms with van der Waals surface area (Å²) in [4.78, 5) is 30.5. The minimum atomic E-state index is -0.460. The lowest BCUT2D eigenvalue weighted by atomic mass is 9.97. The summed E-state index contributed by atoms with van der Waals surface area (Å²) in [5.74, 6) is 0.600. The average molecular weight is 279 g/mol. The number of aromatic nitrogens is 3. The fourth-order valence-electron chi connectivity index (χ4n) is 2.45. The van der Waals surface area contributed by atoms with Gasteiger partial charge in [-0.3, -0.25) is 14.3 Å². The van der Waals surface area contributed by atoms with Crippen LogP contribution in [0.1, 0.15) is 33.0 Å². The van der Waals surface area contributed by atoms with Crippen LogP contribution in [0.3, 0.4) is 0 Å². The molecule has 1 aromatic rings. The Bertz CT molecular complexity index is 511. The molecule has 0 aliphatic carbocycles. The minimum absolute atomic E-state index is 0.0468. The summed E-state index contributed by atoms with van der Waals surface area (Å²) in [6, 6.07) is -0.896. The van der Waals surface area contributed by atoms with Crippen molar-refractivity contribution in [1.29, 1.82) is 0 Å². The molecule has 0 bridgehead atoms. The van der Waals surface area contributed by atoms with E-state index in [9.17, 15) is 9.59 Å². The van der Waals surface area contributed by atoms with Gasteiger partial charge in [0.15, 0.2) is 0 Å². The van der Waals surface area contributed by atoms with Crippen LogP contribution in [0.5, 0.6) is 0 Å². The van der Waals surface area contributed by atoms with Crippen molar-refractivity contribution in [2.75, 3.05) is 0 Å². The lowest BCUT2D eigenvalue weighted by Crippen LogP contribution is -2.64. The number of nitrogens with zero attached hydrogens (tertiary/aromatic N) is 4. The Morgan fingerprint density at radius 3 is 2.60 bits per heavy atom. The average Bonchev–Trinajstić information content (AvgIpc) is 2.79. The van der Waals surface area contributed by atoms with E-state index in [1.165, 1.54) is 6.33 Å².